The third-order valence-corrected chi connectivity index (χ3v) is 2.03. The Balaban J connectivity index is 1.81. The van der Waals surface area contributed by atoms with E-state index < -0.39 is 0 Å². The first-order chi connectivity index (χ1) is 7.45. The van der Waals surface area contributed by atoms with Gasteiger partial charge in [0.25, 0.3) is 0 Å². The van der Waals surface area contributed by atoms with Gasteiger partial charge in [0, 0.05) is 18.3 Å². The summed E-state index contributed by atoms with van der Waals surface area (Å²) in [6.07, 6.45) is 2.63. The SMILES string of the molecule is [c]1cccc(OCCc2ccccn2)c1. The van der Waals surface area contributed by atoms with Crippen LogP contribution >= 0.6 is 0 Å². The van der Waals surface area contributed by atoms with Gasteiger partial charge < -0.3 is 4.74 Å². The van der Waals surface area contributed by atoms with Crippen LogP contribution < -0.4 is 4.74 Å². The van der Waals surface area contributed by atoms with Gasteiger partial charge in [0.2, 0.25) is 0 Å². The molecule has 2 rings (SSSR count). The van der Waals surface area contributed by atoms with E-state index in [4.69, 9.17) is 4.74 Å². The summed E-state index contributed by atoms with van der Waals surface area (Å²) in [5, 5.41) is 0. The van der Waals surface area contributed by atoms with Gasteiger partial charge in [0.05, 0.1) is 6.61 Å². The van der Waals surface area contributed by atoms with Crippen LogP contribution in [0.1, 0.15) is 5.69 Å². The summed E-state index contributed by atoms with van der Waals surface area (Å²) in [5.41, 5.74) is 1.05. The Morgan fingerprint density at radius 3 is 2.93 bits per heavy atom. The number of rotatable bonds is 4. The van der Waals surface area contributed by atoms with Gasteiger partial charge in [-0.3, -0.25) is 4.98 Å². The summed E-state index contributed by atoms with van der Waals surface area (Å²) in [6.45, 7) is 0.648. The molecule has 1 aromatic carbocycles. The molecule has 1 radical (unpaired) electrons. The fourth-order valence-electron chi connectivity index (χ4n) is 1.29. The lowest BCUT2D eigenvalue weighted by Crippen LogP contribution is -2.02. The van der Waals surface area contributed by atoms with Crippen LogP contribution in [0, 0.1) is 6.07 Å². The molecule has 0 amide bonds. The van der Waals surface area contributed by atoms with E-state index in [9.17, 15) is 0 Å². The highest BCUT2D eigenvalue weighted by molar-refractivity contribution is 5.20. The van der Waals surface area contributed by atoms with Gasteiger partial charge in [-0.15, -0.1) is 0 Å². The van der Waals surface area contributed by atoms with Crippen molar-refractivity contribution in [3.8, 4) is 5.75 Å². The Hall–Kier alpha value is -1.83. The molecule has 15 heavy (non-hydrogen) atoms. The molecule has 0 unspecified atom stereocenters. The fourth-order valence-corrected chi connectivity index (χ4v) is 1.29. The summed E-state index contributed by atoms with van der Waals surface area (Å²) in [7, 11) is 0. The standard InChI is InChI=1S/C13H12NO/c1-2-7-13(8-3-1)15-11-9-12-6-4-5-10-14-12/h1-2,4-8,10H,9,11H2. The number of aromatic nitrogens is 1. The molecule has 0 bridgehead atoms. The van der Waals surface area contributed by atoms with E-state index in [0.29, 0.717) is 6.61 Å². The first-order valence-corrected chi connectivity index (χ1v) is 4.94. The van der Waals surface area contributed by atoms with E-state index in [1.807, 2.05) is 42.5 Å². The minimum atomic E-state index is 0.648. The molecule has 1 aromatic heterocycles. The highest BCUT2D eigenvalue weighted by atomic mass is 16.5. The van der Waals surface area contributed by atoms with E-state index in [-0.39, 0.29) is 0 Å². The van der Waals surface area contributed by atoms with Crippen LogP contribution in [0.15, 0.2) is 48.7 Å². The van der Waals surface area contributed by atoms with Crippen molar-refractivity contribution in [2.75, 3.05) is 6.61 Å². The fraction of sp³-hybridized carbons (Fsp3) is 0.154. The van der Waals surface area contributed by atoms with Gasteiger partial charge >= 0.3 is 0 Å². The maximum atomic E-state index is 5.54. The Morgan fingerprint density at radius 2 is 2.20 bits per heavy atom. The number of ether oxygens (including phenoxy) is 1. The molecule has 2 nitrogen and oxygen atoms in total. The number of hydrogen-bond donors (Lipinski definition) is 0. The second kappa shape index (κ2) is 5.15. The molecule has 0 saturated heterocycles. The lowest BCUT2D eigenvalue weighted by molar-refractivity contribution is 0.320. The third-order valence-electron chi connectivity index (χ3n) is 2.03. The minimum absolute atomic E-state index is 0.648. The highest BCUT2D eigenvalue weighted by Gasteiger charge is 1.94. The number of pyridine rings is 1. The van der Waals surface area contributed by atoms with Crippen molar-refractivity contribution in [1.29, 1.82) is 0 Å². The van der Waals surface area contributed by atoms with Gasteiger partial charge in [-0.2, -0.15) is 0 Å². The number of nitrogens with zero attached hydrogens (tertiary/aromatic N) is 1. The third kappa shape index (κ3) is 3.09. The second-order valence-corrected chi connectivity index (χ2v) is 3.16. The summed E-state index contributed by atoms with van der Waals surface area (Å²) < 4.78 is 5.54. The zero-order valence-electron chi connectivity index (χ0n) is 8.39. The summed E-state index contributed by atoms with van der Waals surface area (Å²) in [5.74, 6) is 0.855. The van der Waals surface area contributed by atoms with Crippen molar-refractivity contribution in [3.63, 3.8) is 0 Å². The van der Waals surface area contributed by atoms with E-state index in [1.54, 1.807) is 6.20 Å². The first-order valence-electron chi connectivity index (χ1n) is 4.94. The second-order valence-electron chi connectivity index (χ2n) is 3.16. The van der Waals surface area contributed by atoms with Gasteiger partial charge in [-0.05, 0) is 30.3 Å². The normalized spacial score (nSPS) is 9.87. The Morgan fingerprint density at radius 1 is 1.20 bits per heavy atom. The van der Waals surface area contributed by atoms with Gasteiger partial charge in [0.15, 0.2) is 0 Å². The Labute approximate surface area is 89.6 Å². The van der Waals surface area contributed by atoms with Crippen LogP contribution in [0.4, 0.5) is 0 Å². The van der Waals surface area contributed by atoms with Crippen LogP contribution in [0.3, 0.4) is 0 Å². The van der Waals surface area contributed by atoms with Crippen molar-refractivity contribution in [3.05, 3.63) is 60.4 Å². The van der Waals surface area contributed by atoms with Crippen LogP contribution in [0.25, 0.3) is 0 Å². The smallest absolute Gasteiger partial charge is 0.119 e. The van der Waals surface area contributed by atoms with Crippen molar-refractivity contribution in [1.82, 2.24) is 4.98 Å². The Bertz CT molecular complexity index is 346. The molecule has 0 aliphatic carbocycles. The van der Waals surface area contributed by atoms with Crippen LogP contribution in [-0.2, 0) is 6.42 Å². The topological polar surface area (TPSA) is 22.1 Å². The molecule has 0 aliphatic heterocycles. The highest BCUT2D eigenvalue weighted by Crippen LogP contribution is 2.08. The molecule has 0 aliphatic rings. The van der Waals surface area contributed by atoms with E-state index in [2.05, 4.69) is 11.1 Å². The van der Waals surface area contributed by atoms with E-state index >= 15 is 0 Å². The average Bonchev–Trinajstić information content (AvgIpc) is 2.32. The Kier molecular flexibility index (Phi) is 3.34. The van der Waals surface area contributed by atoms with Crippen LogP contribution in [0.2, 0.25) is 0 Å². The zero-order valence-corrected chi connectivity index (χ0v) is 8.39. The monoisotopic (exact) mass is 198 g/mol. The summed E-state index contributed by atoms with van der Waals surface area (Å²) in [4.78, 5) is 4.22. The van der Waals surface area contributed by atoms with Gasteiger partial charge in [0.1, 0.15) is 5.75 Å². The van der Waals surface area contributed by atoms with E-state index in [1.165, 1.54) is 0 Å². The number of benzene rings is 1. The average molecular weight is 198 g/mol. The van der Waals surface area contributed by atoms with Crippen LogP contribution in [-0.4, -0.2) is 11.6 Å². The largest absolute Gasteiger partial charge is 0.493 e. The van der Waals surface area contributed by atoms with Crippen LogP contribution in [0.5, 0.6) is 5.75 Å². The first kappa shape index (κ1) is 9.71. The predicted octanol–water partition coefficient (Wildman–Crippen LogP) is 2.50. The lowest BCUT2D eigenvalue weighted by atomic mass is 10.3. The molecule has 2 aromatic rings. The molecule has 0 spiro atoms. The predicted molar refractivity (Wildman–Crippen MR) is 58.7 cm³/mol. The lowest BCUT2D eigenvalue weighted by Gasteiger charge is -2.04. The molecule has 0 N–H and O–H groups in total. The molecule has 1 heterocycles. The summed E-state index contributed by atoms with van der Waals surface area (Å²) >= 11 is 0. The molecular weight excluding hydrogens is 186 g/mol. The molecular formula is C13H12NO. The zero-order chi connectivity index (χ0) is 10.3. The summed E-state index contributed by atoms with van der Waals surface area (Å²) in [6, 6.07) is 16.4. The maximum absolute atomic E-state index is 5.54. The molecule has 0 fully saturated rings. The van der Waals surface area contributed by atoms with Crippen molar-refractivity contribution in [2.24, 2.45) is 0 Å². The van der Waals surface area contributed by atoms with Gasteiger partial charge in [-0.1, -0.05) is 18.2 Å². The van der Waals surface area contributed by atoms with Crippen molar-refractivity contribution < 1.29 is 4.74 Å². The quantitative estimate of drug-likeness (QED) is 0.753. The van der Waals surface area contributed by atoms with E-state index in [0.717, 1.165) is 17.9 Å². The molecule has 75 valence electrons. The van der Waals surface area contributed by atoms with Gasteiger partial charge in [-0.25, -0.2) is 0 Å². The number of hydrogen-bond acceptors (Lipinski definition) is 2. The molecule has 0 saturated carbocycles. The minimum Gasteiger partial charge on any atom is -0.493 e. The molecule has 2 heteroatoms. The van der Waals surface area contributed by atoms with Crippen molar-refractivity contribution in [2.45, 2.75) is 6.42 Å². The van der Waals surface area contributed by atoms with Crippen molar-refractivity contribution >= 4 is 0 Å². The molecule has 0 atom stereocenters. The maximum Gasteiger partial charge on any atom is 0.119 e.